The summed E-state index contributed by atoms with van der Waals surface area (Å²) in [5.74, 6) is -0.949. The van der Waals surface area contributed by atoms with Crippen LogP contribution in [0.15, 0.2) is 34.8 Å². The number of fused-ring (bicyclic) bond motifs is 1. The lowest BCUT2D eigenvalue weighted by molar-refractivity contribution is -0.131. The number of aromatic amines is 1. The summed E-state index contributed by atoms with van der Waals surface area (Å²) in [5.41, 5.74) is 1.76. The Balaban J connectivity index is 2.43. The summed E-state index contributed by atoms with van der Waals surface area (Å²) in [6.07, 6.45) is 2.65. The van der Waals surface area contributed by atoms with Crippen molar-refractivity contribution in [2.24, 2.45) is 0 Å². The first-order valence-electron chi connectivity index (χ1n) is 4.34. The van der Waals surface area contributed by atoms with Gasteiger partial charge in [0, 0.05) is 27.1 Å². The predicted octanol–water partition coefficient (Wildman–Crippen LogP) is 3.03. The molecule has 0 amide bonds. The molecule has 76 valence electrons. The number of nitrogens with one attached hydrogen (secondary N) is 1. The van der Waals surface area contributed by atoms with E-state index < -0.39 is 5.97 Å². The molecule has 3 nitrogen and oxygen atoms in total. The van der Waals surface area contributed by atoms with Crippen molar-refractivity contribution in [3.63, 3.8) is 0 Å². The summed E-state index contributed by atoms with van der Waals surface area (Å²) >= 11 is 3.37. The van der Waals surface area contributed by atoms with E-state index in [4.69, 9.17) is 5.11 Å². The molecule has 0 aliphatic carbocycles. The number of carbonyl (C=O) groups is 1. The summed E-state index contributed by atoms with van der Waals surface area (Å²) in [4.78, 5) is 13.4. The smallest absolute Gasteiger partial charge is 0.328 e. The molecule has 0 spiro atoms. The van der Waals surface area contributed by atoms with Crippen LogP contribution in [0.2, 0.25) is 0 Å². The fourth-order valence-corrected chi connectivity index (χ4v) is 1.73. The van der Waals surface area contributed by atoms with Gasteiger partial charge in [-0.25, -0.2) is 4.79 Å². The minimum absolute atomic E-state index is 0.783. The monoisotopic (exact) mass is 265 g/mol. The largest absolute Gasteiger partial charge is 0.478 e. The molecule has 0 saturated carbocycles. The molecule has 15 heavy (non-hydrogen) atoms. The molecule has 0 unspecified atom stereocenters. The molecule has 0 saturated heterocycles. The number of carboxylic acids is 1. The Hall–Kier alpha value is -1.55. The van der Waals surface area contributed by atoms with Gasteiger partial charge in [-0.2, -0.15) is 0 Å². The first kappa shape index (κ1) is 9.98. The third kappa shape index (κ3) is 2.27. The maximum Gasteiger partial charge on any atom is 0.328 e. The van der Waals surface area contributed by atoms with E-state index in [1.165, 1.54) is 6.08 Å². The summed E-state index contributed by atoms with van der Waals surface area (Å²) in [7, 11) is 0. The van der Waals surface area contributed by atoms with Crippen LogP contribution in [0.4, 0.5) is 0 Å². The predicted molar refractivity (Wildman–Crippen MR) is 62.7 cm³/mol. The zero-order chi connectivity index (χ0) is 10.8. The molecule has 1 aromatic carbocycles. The average Bonchev–Trinajstić information content (AvgIpc) is 2.56. The number of halogens is 1. The normalized spacial score (nSPS) is 11.3. The average molecular weight is 266 g/mol. The van der Waals surface area contributed by atoms with E-state index in [0.29, 0.717) is 0 Å². The van der Waals surface area contributed by atoms with E-state index in [-0.39, 0.29) is 0 Å². The van der Waals surface area contributed by atoms with Crippen LogP contribution in [0.3, 0.4) is 0 Å². The van der Waals surface area contributed by atoms with Crippen molar-refractivity contribution in [2.45, 2.75) is 0 Å². The van der Waals surface area contributed by atoms with Crippen molar-refractivity contribution >= 4 is 38.9 Å². The van der Waals surface area contributed by atoms with Crippen molar-refractivity contribution in [3.8, 4) is 0 Å². The molecule has 1 heterocycles. The van der Waals surface area contributed by atoms with Crippen LogP contribution in [0.5, 0.6) is 0 Å². The van der Waals surface area contributed by atoms with Gasteiger partial charge >= 0.3 is 5.97 Å². The third-order valence-corrected chi connectivity index (χ3v) is 2.50. The molecule has 4 heteroatoms. The van der Waals surface area contributed by atoms with Gasteiger partial charge in [0.25, 0.3) is 0 Å². The summed E-state index contributed by atoms with van der Waals surface area (Å²) < 4.78 is 0.991. The van der Waals surface area contributed by atoms with E-state index in [1.807, 2.05) is 24.3 Å². The second kappa shape index (κ2) is 3.90. The van der Waals surface area contributed by atoms with Crippen molar-refractivity contribution in [1.82, 2.24) is 4.98 Å². The number of hydrogen-bond donors (Lipinski definition) is 2. The first-order chi connectivity index (χ1) is 7.15. The number of aliphatic carboxylic acids is 1. The maximum absolute atomic E-state index is 10.3. The number of H-pyrrole nitrogens is 1. The highest BCUT2D eigenvalue weighted by Crippen LogP contribution is 2.20. The number of hydrogen-bond acceptors (Lipinski definition) is 1. The van der Waals surface area contributed by atoms with E-state index >= 15 is 0 Å². The van der Waals surface area contributed by atoms with Gasteiger partial charge < -0.3 is 10.1 Å². The second-order valence-corrected chi connectivity index (χ2v) is 4.04. The topological polar surface area (TPSA) is 53.1 Å². The van der Waals surface area contributed by atoms with Crippen LogP contribution in [-0.2, 0) is 4.79 Å². The van der Waals surface area contributed by atoms with Gasteiger partial charge in [0.15, 0.2) is 0 Å². The van der Waals surface area contributed by atoms with Crippen molar-refractivity contribution in [1.29, 1.82) is 0 Å². The van der Waals surface area contributed by atoms with Gasteiger partial charge in [0.1, 0.15) is 0 Å². The molecule has 0 aliphatic rings. The molecule has 0 aliphatic heterocycles. The minimum Gasteiger partial charge on any atom is -0.478 e. The quantitative estimate of drug-likeness (QED) is 0.821. The Morgan fingerprint density at radius 1 is 1.40 bits per heavy atom. The zero-order valence-electron chi connectivity index (χ0n) is 7.70. The Morgan fingerprint density at radius 3 is 2.93 bits per heavy atom. The summed E-state index contributed by atoms with van der Waals surface area (Å²) in [6, 6.07) is 7.77. The van der Waals surface area contributed by atoms with Crippen molar-refractivity contribution < 1.29 is 9.90 Å². The highest BCUT2D eigenvalue weighted by molar-refractivity contribution is 9.10. The van der Waals surface area contributed by atoms with Gasteiger partial charge in [-0.3, -0.25) is 0 Å². The van der Waals surface area contributed by atoms with Crippen LogP contribution >= 0.6 is 15.9 Å². The fourth-order valence-electron chi connectivity index (χ4n) is 1.37. The number of benzene rings is 1. The highest BCUT2D eigenvalue weighted by atomic mass is 79.9. The highest BCUT2D eigenvalue weighted by Gasteiger charge is 1.98. The lowest BCUT2D eigenvalue weighted by Gasteiger charge is -1.89. The van der Waals surface area contributed by atoms with Gasteiger partial charge in [-0.05, 0) is 24.3 Å². The van der Waals surface area contributed by atoms with Gasteiger partial charge in [0.2, 0.25) is 0 Å². The third-order valence-electron chi connectivity index (χ3n) is 2.01. The van der Waals surface area contributed by atoms with E-state index in [1.54, 1.807) is 0 Å². The Morgan fingerprint density at radius 2 is 2.20 bits per heavy atom. The van der Waals surface area contributed by atoms with Crippen LogP contribution < -0.4 is 0 Å². The Bertz CT molecular complexity index is 543. The Labute approximate surface area is 94.6 Å². The second-order valence-electron chi connectivity index (χ2n) is 3.13. The van der Waals surface area contributed by atoms with E-state index in [2.05, 4.69) is 20.9 Å². The van der Waals surface area contributed by atoms with Crippen molar-refractivity contribution in [2.75, 3.05) is 0 Å². The molecular weight excluding hydrogens is 258 g/mol. The number of rotatable bonds is 2. The van der Waals surface area contributed by atoms with Crippen LogP contribution in [-0.4, -0.2) is 16.1 Å². The van der Waals surface area contributed by atoms with Crippen molar-refractivity contribution in [3.05, 3.63) is 40.5 Å². The molecule has 2 rings (SSSR count). The molecular formula is C11H8BrNO2. The number of carboxylic acid groups (broad SMARTS) is 1. The number of aromatic nitrogens is 1. The standard InChI is InChI=1S/C11H8BrNO2/c12-8-2-1-7-5-9(3-4-11(14)15)13-10(7)6-8/h1-6,13H,(H,14,15)/b4-3+. The molecule has 0 atom stereocenters. The first-order valence-corrected chi connectivity index (χ1v) is 5.14. The molecule has 0 bridgehead atoms. The van der Waals surface area contributed by atoms with Crippen LogP contribution in [0, 0.1) is 0 Å². The molecule has 2 N–H and O–H groups in total. The van der Waals surface area contributed by atoms with Gasteiger partial charge in [-0.15, -0.1) is 0 Å². The van der Waals surface area contributed by atoms with Crippen LogP contribution in [0.25, 0.3) is 17.0 Å². The minimum atomic E-state index is -0.949. The molecule has 0 fully saturated rings. The summed E-state index contributed by atoms with van der Waals surface area (Å²) in [6.45, 7) is 0. The maximum atomic E-state index is 10.3. The van der Waals surface area contributed by atoms with E-state index in [9.17, 15) is 4.79 Å². The lowest BCUT2D eigenvalue weighted by atomic mass is 10.2. The molecule has 0 radical (unpaired) electrons. The van der Waals surface area contributed by atoms with Gasteiger partial charge in [-0.1, -0.05) is 22.0 Å². The molecule has 2 aromatic rings. The lowest BCUT2D eigenvalue weighted by Crippen LogP contribution is -1.85. The fraction of sp³-hybridized carbons (Fsp3) is 0. The molecule has 1 aromatic heterocycles. The van der Waals surface area contributed by atoms with Crippen LogP contribution in [0.1, 0.15) is 5.69 Å². The van der Waals surface area contributed by atoms with E-state index in [0.717, 1.165) is 27.1 Å². The SMILES string of the molecule is O=C(O)/C=C/c1cc2ccc(Br)cc2[nH]1. The summed E-state index contributed by atoms with van der Waals surface area (Å²) in [5, 5.41) is 9.54. The van der Waals surface area contributed by atoms with Gasteiger partial charge in [0.05, 0.1) is 0 Å². The Kier molecular flexibility index (Phi) is 2.60. The zero-order valence-corrected chi connectivity index (χ0v) is 9.28.